The Balaban J connectivity index is 3.25. The van der Waals surface area contributed by atoms with Crippen molar-refractivity contribution in [1.29, 1.82) is 5.26 Å². The van der Waals surface area contributed by atoms with Gasteiger partial charge in [0.2, 0.25) is 0 Å². The molecule has 0 aromatic heterocycles. The fourth-order valence-corrected chi connectivity index (χ4v) is 1.16. The van der Waals surface area contributed by atoms with E-state index in [9.17, 15) is 4.39 Å². The molecule has 0 unspecified atom stereocenters. The van der Waals surface area contributed by atoms with Crippen molar-refractivity contribution in [3.63, 3.8) is 0 Å². The Bertz CT molecular complexity index is 371. The zero-order chi connectivity index (χ0) is 10.6. The highest BCUT2D eigenvalue weighted by Gasteiger charge is 2.13. The molecule has 0 N–H and O–H groups in total. The van der Waals surface area contributed by atoms with Crippen LogP contribution in [0.4, 0.5) is 4.39 Å². The number of nitriles is 1. The maximum absolute atomic E-state index is 13.5. The van der Waals surface area contributed by atoms with Gasteiger partial charge in [0.25, 0.3) is 0 Å². The summed E-state index contributed by atoms with van der Waals surface area (Å²) in [7, 11) is 2.90. The smallest absolute Gasteiger partial charge is 0.150 e. The second-order valence-corrected chi connectivity index (χ2v) is 2.65. The van der Waals surface area contributed by atoms with Gasteiger partial charge in [-0.05, 0) is 12.1 Å². The lowest BCUT2D eigenvalue weighted by Crippen LogP contribution is -2.00. The number of halogens is 1. The van der Waals surface area contributed by atoms with E-state index in [4.69, 9.17) is 14.7 Å². The summed E-state index contributed by atoms with van der Waals surface area (Å²) < 4.78 is 23.3. The molecule has 0 aliphatic rings. The topological polar surface area (TPSA) is 42.2 Å². The number of rotatable bonds is 3. The fourth-order valence-electron chi connectivity index (χ4n) is 1.16. The summed E-state index contributed by atoms with van der Waals surface area (Å²) in [6.45, 7) is 0.0878. The molecule has 0 saturated heterocycles. The zero-order valence-corrected chi connectivity index (χ0v) is 8.00. The molecule has 1 rings (SSSR count). The molecule has 1 aromatic carbocycles. The van der Waals surface area contributed by atoms with Crippen molar-refractivity contribution in [2.75, 3.05) is 14.2 Å². The highest BCUT2D eigenvalue weighted by Crippen LogP contribution is 2.24. The number of ether oxygens (including phenoxy) is 2. The molecule has 0 amide bonds. The van der Waals surface area contributed by atoms with Crippen molar-refractivity contribution in [2.45, 2.75) is 6.61 Å². The van der Waals surface area contributed by atoms with E-state index in [0.29, 0.717) is 5.75 Å². The van der Waals surface area contributed by atoms with Crippen LogP contribution >= 0.6 is 0 Å². The van der Waals surface area contributed by atoms with Crippen molar-refractivity contribution in [3.05, 3.63) is 29.1 Å². The number of hydrogen-bond donors (Lipinski definition) is 0. The molecule has 74 valence electrons. The first-order chi connectivity index (χ1) is 6.74. The highest BCUT2D eigenvalue weighted by atomic mass is 19.1. The summed E-state index contributed by atoms with van der Waals surface area (Å²) >= 11 is 0. The molecule has 3 nitrogen and oxygen atoms in total. The van der Waals surface area contributed by atoms with E-state index in [-0.39, 0.29) is 17.7 Å². The first kappa shape index (κ1) is 10.5. The monoisotopic (exact) mass is 195 g/mol. The third-order valence-corrected chi connectivity index (χ3v) is 1.83. The molecule has 0 aliphatic heterocycles. The molecule has 0 bridgehead atoms. The molecule has 4 heteroatoms. The molecular weight excluding hydrogens is 185 g/mol. The fraction of sp³-hybridized carbons (Fsp3) is 0.300. The van der Waals surface area contributed by atoms with Gasteiger partial charge in [-0.15, -0.1) is 0 Å². The number of benzene rings is 1. The van der Waals surface area contributed by atoms with Crippen LogP contribution in [0.2, 0.25) is 0 Å². The van der Waals surface area contributed by atoms with Gasteiger partial charge in [-0.3, -0.25) is 0 Å². The van der Waals surface area contributed by atoms with Gasteiger partial charge in [-0.25, -0.2) is 4.39 Å². The van der Waals surface area contributed by atoms with Crippen LogP contribution in [0.25, 0.3) is 0 Å². The maximum atomic E-state index is 13.5. The minimum atomic E-state index is -0.575. The van der Waals surface area contributed by atoms with Crippen LogP contribution in [-0.2, 0) is 11.3 Å². The first-order valence-corrected chi connectivity index (χ1v) is 3.99. The van der Waals surface area contributed by atoms with Gasteiger partial charge in [0.1, 0.15) is 17.6 Å². The zero-order valence-electron chi connectivity index (χ0n) is 8.00. The van der Waals surface area contributed by atoms with Gasteiger partial charge in [-0.2, -0.15) is 5.26 Å². The Morgan fingerprint density at radius 2 is 2.14 bits per heavy atom. The summed E-state index contributed by atoms with van der Waals surface area (Å²) in [6, 6.07) is 4.69. The SMILES string of the molecule is COCc1c(OC)ccc(C#N)c1F. The van der Waals surface area contributed by atoms with E-state index in [1.807, 2.05) is 0 Å². The molecule has 0 saturated carbocycles. The molecule has 0 heterocycles. The molecule has 0 radical (unpaired) electrons. The first-order valence-electron chi connectivity index (χ1n) is 3.99. The lowest BCUT2D eigenvalue weighted by atomic mass is 10.1. The van der Waals surface area contributed by atoms with Crippen molar-refractivity contribution >= 4 is 0 Å². The van der Waals surface area contributed by atoms with E-state index in [1.54, 1.807) is 12.1 Å². The Morgan fingerprint density at radius 3 is 2.64 bits per heavy atom. The maximum Gasteiger partial charge on any atom is 0.150 e. The molecule has 0 spiro atoms. The van der Waals surface area contributed by atoms with Crippen LogP contribution in [0.3, 0.4) is 0 Å². The van der Waals surface area contributed by atoms with E-state index in [2.05, 4.69) is 0 Å². The third kappa shape index (κ3) is 1.83. The van der Waals surface area contributed by atoms with Crippen LogP contribution in [0.1, 0.15) is 11.1 Å². The number of nitrogens with zero attached hydrogens (tertiary/aromatic N) is 1. The average Bonchev–Trinajstić information content (AvgIpc) is 2.21. The van der Waals surface area contributed by atoms with Gasteiger partial charge >= 0.3 is 0 Å². The number of hydrogen-bond acceptors (Lipinski definition) is 3. The van der Waals surface area contributed by atoms with Crippen LogP contribution in [0.5, 0.6) is 5.75 Å². The van der Waals surface area contributed by atoms with Crippen molar-refractivity contribution in [1.82, 2.24) is 0 Å². The second kappa shape index (κ2) is 4.58. The number of methoxy groups -OCH3 is 2. The molecule has 0 aliphatic carbocycles. The summed E-state index contributed by atoms with van der Waals surface area (Å²) in [4.78, 5) is 0. The second-order valence-electron chi connectivity index (χ2n) is 2.65. The van der Waals surface area contributed by atoms with Gasteiger partial charge < -0.3 is 9.47 Å². The molecule has 0 fully saturated rings. The van der Waals surface area contributed by atoms with Crippen molar-refractivity contribution in [3.8, 4) is 11.8 Å². The standard InChI is InChI=1S/C10H10FNO2/c1-13-6-8-9(14-2)4-3-7(5-12)10(8)11/h3-4H,6H2,1-2H3. The predicted octanol–water partition coefficient (Wildman–Crippen LogP) is 1.85. The molecule has 0 atom stereocenters. The van der Waals surface area contributed by atoms with Gasteiger partial charge in [-0.1, -0.05) is 0 Å². The predicted molar refractivity (Wildman–Crippen MR) is 48.4 cm³/mol. The molecule has 1 aromatic rings. The minimum Gasteiger partial charge on any atom is -0.496 e. The van der Waals surface area contributed by atoms with Crippen LogP contribution in [-0.4, -0.2) is 14.2 Å². The van der Waals surface area contributed by atoms with Crippen molar-refractivity contribution in [2.24, 2.45) is 0 Å². The summed E-state index contributed by atoms with van der Waals surface area (Å²) in [6.07, 6.45) is 0. The van der Waals surface area contributed by atoms with Crippen LogP contribution in [0.15, 0.2) is 12.1 Å². The van der Waals surface area contributed by atoms with Gasteiger partial charge in [0, 0.05) is 7.11 Å². The summed E-state index contributed by atoms with van der Waals surface area (Å²) in [5.74, 6) is -0.183. The summed E-state index contributed by atoms with van der Waals surface area (Å²) in [5.41, 5.74) is 0.270. The molecule has 14 heavy (non-hydrogen) atoms. The van der Waals surface area contributed by atoms with E-state index in [0.717, 1.165) is 0 Å². The normalized spacial score (nSPS) is 9.57. The quantitative estimate of drug-likeness (QED) is 0.739. The lowest BCUT2D eigenvalue weighted by molar-refractivity contribution is 0.178. The Kier molecular flexibility index (Phi) is 3.43. The summed E-state index contributed by atoms with van der Waals surface area (Å²) in [5, 5.41) is 8.60. The van der Waals surface area contributed by atoms with E-state index >= 15 is 0 Å². The highest BCUT2D eigenvalue weighted by molar-refractivity contribution is 5.43. The van der Waals surface area contributed by atoms with E-state index < -0.39 is 5.82 Å². The average molecular weight is 195 g/mol. The van der Waals surface area contributed by atoms with Gasteiger partial charge in [0.05, 0.1) is 24.8 Å². The Labute approximate surface area is 81.7 Å². The Morgan fingerprint density at radius 1 is 1.43 bits per heavy atom. The minimum absolute atomic E-state index is 0.00199. The van der Waals surface area contributed by atoms with Crippen molar-refractivity contribution < 1.29 is 13.9 Å². The van der Waals surface area contributed by atoms with Crippen LogP contribution in [0, 0.1) is 17.1 Å². The largest absolute Gasteiger partial charge is 0.496 e. The lowest BCUT2D eigenvalue weighted by Gasteiger charge is -2.09. The van der Waals surface area contributed by atoms with Gasteiger partial charge in [0.15, 0.2) is 0 Å². The molecular formula is C10H10FNO2. The Hall–Kier alpha value is -1.60. The van der Waals surface area contributed by atoms with E-state index in [1.165, 1.54) is 20.3 Å². The third-order valence-electron chi connectivity index (χ3n) is 1.83. The van der Waals surface area contributed by atoms with Crippen LogP contribution < -0.4 is 4.74 Å².